The van der Waals surface area contributed by atoms with Gasteiger partial charge in [-0.3, -0.25) is 9.88 Å². The average Bonchev–Trinajstić information content (AvgIpc) is 2.92. The third-order valence-electron chi connectivity index (χ3n) is 5.17. The zero-order valence-corrected chi connectivity index (χ0v) is 17.7. The Balaban J connectivity index is 1.71. The molecule has 1 atom stereocenters. The lowest BCUT2D eigenvalue weighted by Gasteiger charge is -2.26. The molecule has 9 heteroatoms. The molecule has 2 aliphatic rings. The molecular weight excluding hydrogens is 398 g/mol. The molecule has 3 N–H and O–H groups in total. The summed E-state index contributed by atoms with van der Waals surface area (Å²) < 4.78 is 25.4. The van der Waals surface area contributed by atoms with Crippen LogP contribution in [0.25, 0.3) is 11.0 Å². The molecule has 9 nitrogen and oxygen atoms in total. The van der Waals surface area contributed by atoms with E-state index < -0.39 is 6.17 Å². The van der Waals surface area contributed by atoms with Gasteiger partial charge in [-0.05, 0) is 19.9 Å². The van der Waals surface area contributed by atoms with Crippen molar-refractivity contribution in [3.8, 4) is 23.0 Å². The first-order valence-corrected chi connectivity index (χ1v) is 10.3. The van der Waals surface area contributed by atoms with Crippen LogP contribution in [-0.2, 0) is 0 Å². The normalized spacial score (nSPS) is 17.5. The molecule has 0 amide bonds. The number of hydrogen-bond acceptors (Lipinski definition) is 8. The molecule has 2 aromatic carbocycles. The Bertz CT molecular complexity index is 1170. The van der Waals surface area contributed by atoms with E-state index in [2.05, 4.69) is 10.3 Å². The van der Waals surface area contributed by atoms with Gasteiger partial charge in [0.1, 0.15) is 0 Å². The molecule has 31 heavy (non-hydrogen) atoms. The maximum Gasteiger partial charge on any atom is 0.212 e. The van der Waals surface area contributed by atoms with Crippen LogP contribution in [0, 0.1) is 0 Å². The summed E-state index contributed by atoms with van der Waals surface area (Å²) in [5.41, 5.74) is 8.57. The number of methoxy groups -OCH3 is 1. The van der Waals surface area contributed by atoms with Crippen molar-refractivity contribution in [2.45, 2.75) is 32.5 Å². The van der Waals surface area contributed by atoms with Gasteiger partial charge in [-0.25, -0.2) is 9.98 Å². The molecule has 3 heterocycles. The maximum atomic E-state index is 6.13. The standard InChI is InChI=1S/C22H25N5O4/c1-12(2)31-19-13(6-4-7-16(19)28-3)20-25-21(23)26-22-24-14-10-17-18(11-15(14)27(20)22)30-9-5-8-29-17/h4,6-7,10-12,20H,5,8-9H2,1-3H3,(H3,23,24,25,26)/t20-/m0/s1. The molecular formula is C22H25N5O4. The SMILES string of the molecule is COc1cccc([C@H]2N=C(N)Nc3nc4cc5c(cc4n32)OCCCO5)c1OC(C)C. The number of nitrogens with two attached hydrogens (primary N) is 1. The van der Waals surface area contributed by atoms with Crippen LogP contribution in [0.15, 0.2) is 35.3 Å². The lowest BCUT2D eigenvalue weighted by atomic mass is 10.1. The molecule has 0 spiro atoms. The zero-order valence-electron chi connectivity index (χ0n) is 17.7. The van der Waals surface area contributed by atoms with Crippen molar-refractivity contribution in [1.82, 2.24) is 9.55 Å². The molecule has 1 aromatic heterocycles. The van der Waals surface area contributed by atoms with Gasteiger partial charge in [0.15, 0.2) is 35.1 Å². The Hall–Kier alpha value is -3.62. The highest BCUT2D eigenvalue weighted by Gasteiger charge is 2.30. The van der Waals surface area contributed by atoms with Gasteiger partial charge >= 0.3 is 0 Å². The van der Waals surface area contributed by atoms with Gasteiger partial charge in [0, 0.05) is 24.1 Å². The predicted molar refractivity (Wildman–Crippen MR) is 117 cm³/mol. The van der Waals surface area contributed by atoms with E-state index in [0.29, 0.717) is 42.2 Å². The number of ether oxygens (including phenoxy) is 4. The molecule has 162 valence electrons. The number of nitrogens with zero attached hydrogens (tertiary/aromatic N) is 3. The molecule has 3 aromatic rings. The summed E-state index contributed by atoms with van der Waals surface area (Å²) in [5, 5.41) is 3.07. The third kappa shape index (κ3) is 3.35. The number of guanidine groups is 1. The van der Waals surface area contributed by atoms with Crippen molar-refractivity contribution >= 4 is 22.9 Å². The Labute approximate surface area is 179 Å². The van der Waals surface area contributed by atoms with Gasteiger partial charge in [-0.15, -0.1) is 0 Å². The van der Waals surface area contributed by atoms with Crippen LogP contribution in [0.5, 0.6) is 23.0 Å². The first-order valence-electron chi connectivity index (χ1n) is 10.3. The van der Waals surface area contributed by atoms with E-state index in [0.717, 1.165) is 23.0 Å². The first kappa shape index (κ1) is 19.3. The van der Waals surface area contributed by atoms with E-state index in [9.17, 15) is 0 Å². The maximum absolute atomic E-state index is 6.13. The van der Waals surface area contributed by atoms with Crippen molar-refractivity contribution in [2.75, 3.05) is 25.6 Å². The molecule has 2 aliphatic heterocycles. The van der Waals surface area contributed by atoms with Gasteiger partial charge in [-0.1, -0.05) is 12.1 Å². The van der Waals surface area contributed by atoms with Crippen molar-refractivity contribution in [1.29, 1.82) is 0 Å². The first-order chi connectivity index (χ1) is 15.0. The van der Waals surface area contributed by atoms with Gasteiger partial charge < -0.3 is 24.7 Å². The fraction of sp³-hybridized carbons (Fsp3) is 0.364. The predicted octanol–water partition coefficient (Wildman–Crippen LogP) is 3.28. The van der Waals surface area contributed by atoms with Gasteiger partial charge in [0.05, 0.1) is 37.5 Å². The van der Waals surface area contributed by atoms with E-state index in [-0.39, 0.29) is 12.1 Å². The largest absolute Gasteiger partial charge is 0.493 e. The highest BCUT2D eigenvalue weighted by atomic mass is 16.5. The highest BCUT2D eigenvalue weighted by Crippen LogP contribution is 2.43. The van der Waals surface area contributed by atoms with Crippen molar-refractivity contribution in [3.05, 3.63) is 35.9 Å². The van der Waals surface area contributed by atoms with E-state index >= 15 is 0 Å². The summed E-state index contributed by atoms with van der Waals surface area (Å²) in [6.07, 6.45) is 0.302. The number of aromatic nitrogens is 2. The molecule has 0 unspecified atom stereocenters. The van der Waals surface area contributed by atoms with Crippen molar-refractivity contribution < 1.29 is 18.9 Å². The second kappa shape index (κ2) is 7.57. The average molecular weight is 423 g/mol. The second-order valence-corrected chi connectivity index (χ2v) is 7.70. The minimum atomic E-state index is -0.491. The number of para-hydroxylation sites is 1. The second-order valence-electron chi connectivity index (χ2n) is 7.70. The molecule has 0 aliphatic carbocycles. The number of nitrogens with one attached hydrogen (secondary N) is 1. The summed E-state index contributed by atoms with van der Waals surface area (Å²) in [6.45, 7) is 5.17. The monoisotopic (exact) mass is 423 g/mol. The number of rotatable bonds is 4. The molecule has 0 saturated heterocycles. The minimum Gasteiger partial charge on any atom is -0.493 e. The molecule has 0 fully saturated rings. The summed E-state index contributed by atoms with van der Waals surface area (Å²) >= 11 is 0. The lowest BCUT2D eigenvalue weighted by Crippen LogP contribution is -2.31. The quantitative estimate of drug-likeness (QED) is 0.663. The summed E-state index contributed by atoms with van der Waals surface area (Å²) in [4.78, 5) is 9.42. The van der Waals surface area contributed by atoms with Crippen LogP contribution in [-0.4, -0.2) is 41.9 Å². The lowest BCUT2D eigenvalue weighted by molar-refractivity contribution is 0.226. The summed E-state index contributed by atoms with van der Waals surface area (Å²) in [6, 6.07) is 9.59. The highest BCUT2D eigenvalue weighted by molar-refractivity contribution is 5.95. The molecule has 5 rings (SSSR count). The Morgan fingerprint density at radius 2 is 1.97 bits per heavy atom. The van der Waals surface area contributed by atoms with E-state index in [4.69, 9.17) is 29.7 Å². The van der Waals surface area contributed by atoms with Crippen LogP contribution >= 0.6 is 0 Å². The Morgan fingerprint density at radius 1 is 1.19 bits per heavy atom. The van der Waals surface area contributed by atoms with Crippen molar-refractivity contribution in [2.24, 2.45) is 10.7 Å². The number of hydrogen-bond donors (Lipinski definition) is 2. The van der Waals surface area contributed by atoms with E-state index in [1.807, 2.05) is 48.7 Å². The Morgan fingerprint density at radius 3 is 2.71 bits per heavy atom. The smallest absolute Gasteiger partial charge is 0.212 e. The van der Waals surface area contributed by atoms with Crippen LogP contribution in [0.3, 0.4) is 0 Å². The fourth-order valence-corrected chi connectivity index (χ4v) is 3.89. The van der Waals surface area contributed by atoms with Crippen LogP contribution in [0.1, 0.15) is 32.0 Å². The number of aliphatic imine (C=N–C) groups is 1. The number of anilines is 1. The Kier molecular flexibility index (Phi) is 4.72. The van der Waals surface area contributed by atoms with E-state index in [1.165, 1.54) is 0 Å². The number of benzene rings is 2. The van der Waals surface area contributed by atoms with Crippen LogP contribution in [0.4, 0.5) is 5.95 Å². The molecule has 0 radical (unpaired) electrons. The summed E-state index contributed by atoms with van der Waals surface area (Å²) in [5.74, 6) is 3.51. The zero-order chi connectivity index (χ0) is 21.5. The topological polar surface area (TPSA) is 105 Å². The van der Waals surface area contributed by atoms with Gasteiger partial charge in [-0.2, -0.15) is 0 Å². The fourth-order valence-electron chi connectivity index (χ4n) is 3.89. The molecule has 0 saturated carbocycles. The van der Waals surface area contributed by atoms with Gasteiger partial charge in [0.2, 0.25) is 5.95 Å². The third-order valence-corrected chi connectivity index (χ3v) is 5.17. The minimum absolute atomic E-state index is 0.0431. The van der Waals surface area contributed by atoms with Crippen LogP contribution in [0.2, 0.25) is 0 Å². The van der Waals surface area contributed by atoms with Crippen LogP contribution < -0.4 is 30.0 Å². The van der Waals surface area contributed by atoms with E-state index in [1.54, 1.807) is 7.11 Å². The number of fused-ring (bicyclic) bond motifs is 4. The van der Waals surface area contributed by atoms with Crippen molar-refractivity contribution in [3.63, 3.8) is 0 Å². The van der Waals surface area contributed by atoms with Gasteiger partial charge in [0.25, 0.3) is 0 Å². The summed E-state index contributed by atoms with van der Waals surface area (Å²) in [7, 11) is 1.62. The molecule has 0 bridgehead atoms. The number of imidazole rings is 1.